The predicted octanol–water partition coefficient (Wildman–Crippen LogP) is -0.192. The van der Waals surface area contributed by atoms with Crippen molar-refractivity contribution in [3.63, 3.8) is 0 Å². The van der Waals surface area contributed by atoms with E-state index < -0.39 is 5.97 Å². The van der Waals surface area contributed by atoms with Crippen LogP contribution in [0.5, 0.6) is 0 Å². The molecule has 1 aliphatic rings. The molecule has 0 radical (unpaired) electrons. The zero-order valence-corrected chi connectivity index (χ0v) is 9.04. The molecule has 5 heteroatoms. The van der Waals surface area contributed by atoms with Crippen molar-refractivity contribution in [1.29, 1.82) is 0 Å². The summed E-state index contributed by atoms with van der Waals surface area (Å²) in [6.07, 6.45) is 4.17. The molecule has 1 rings (SSSR count). The van der Waals surface area contributed by atoms with Gasteiger partial charge in [0.25, 0.3) is 0 Å². The second kappa shape index (κ2) is 6.40. The molecule has 2 N–H and O–H groups in total. The second-order valence-electron chi connectivity index (χ2n) is 3.65. The number of methoxy groups -OCH3 is 1. The van der Waals surface area contributed by atoms with Crippen LogP contribution in [0.25, 0.3) is 0 Å². The summed E-state index contributed by atoms with van der Waals surface area (Å²) in [7, 11) is 1.30. The van der Waals surface area contributed by atoms with Gasteiger partial charge in [0, 0.05) is 0 Å². The number of carbonyl (C=O) groups is 2. The number of amides is 1. The zero-order valence-electron chi connectivity index (χ0n) is 9.04. The fraction of sp³-hybridized carbons (Fsp3) is 0.800. The summed E-state index contributed by atoms with van der Waals surface area (Å²) in [4.78, 5) is 22.4. The minimum atomic E-state index is -0.419. The second-order valence-corrected chi connectivity index (χ2v) is 3.65. The lowest BCUT2D eigenvalue weighted by atomic mass is 10.1. The number of nitrogens with one attached hydrogen (secondary N) is 2. The number of ether oxygens (including phenoxy) is 1. The summed E-state index contributed by atoms with van der Waals surface area (Å²) < 4.78 is 4.44. The van der Waals surface area contributed by atoms with E-state index in [1.807, 2.05) is 0 Å². The third-order valence-electron chi connectivity index (χ3n) is 2.51. The number of hydrogen-bond donors (Lipinski definition) is 2. The lowest BCUT2D eigenvalue weighted by Crippen LogP contribution is -2.45. The predicted molar refractivity (Wildman–Crippen MR) is 55.3 cm³/mol. The average Bonchev–Trinajstić information content (AvgIpc) is 2.53. The third-order valence-corrected chi connectivity index (χ3v) is 2.51. The summed E-state index contributed by atoms with van der Waals surface area (Å²) in [6.45, 7) is 0.823. The van der Waals surface area contributed by atoms with E-state index in [1.165, 1.54) is 7.11 Å². The van der Waals surface area contributed by atoms with E-state index >= 15 is 0 Å². The van der Waals surface area contributed by atoms with E-state index in [9.17, 15) is 9.59 Å². The van der Waals surface area contributed by atoms with Crippen LogP contribution in [-0.2, 0) is 14.3 Å². The molecule has 1 aliphatic heterocycles. The van der Waals surface area contributed by atoms with Gasteiger partial charge in [-0.15, -0.1) is 0 Å². The van der Waals surface area contributed by atoms with Gasteiger partial charge in [-0.3, -0.25) is 9.59 Å². The number of rotatable bonds is 3. The molecule has 0 aromatic heterocycles. The number of esters is 1. The smallest absolute Gasteiger partial charge is 0.325 e. The van der Waals surface area contributed by atoms with Crippen molar-refractivity contribution in [3.8, 4) is 0 Å². The van der Waals surface area contributed by atoms with E-state index in [2.05, 4.69) is 15.4 Å². The first-order valence-corrected chi connectivity index (χ1v) is 5.32. The summed E-state index contributed by atoms with van der Waals surface area (Å²) in [5.41, 5.74) is 0. The van der Waals surface area contributed by atoms with E-state index in [0.29, 0.717) is 0 Å². The Hall–Kier alpha value is -1.10. The van der Waals surface area contributed by atoms with E-state index in [4.69, 9.17) is 0 Å². The quantitative estimate of drug-likeness (QED) is 0.639. The molecular formula is C10H18N2O3. The molecule has 86 valence electrons. The Morgan fingerprint density at radius 1 is 1.40 bits per heavy atom. The summed E-state index contributed by atoms with van der Waals surface area (Å²) in [5.74, 6) is -0.528. The molecule has 0 unspecified atom stereocenters. The van der Waals surface area contributed by atoms with E-state index in [0.717, 1.165) is 32.2 Å². The van der Waals surface area contributed by atoms with Crippen LogP contribution < -0.4 is 10.6 Å². The van der Waals surface area contributed by atoms with Crippen molar-refractivity contribution < 1.29 is 14.3 Å². The summed E-state index contributed by atoms with van der Waals surface area (Å²) in [6, 6.07) is -0.155. The number of carbonyl (C=O) groups excluding carboxylic acids is 2. The monoisotopic (exact) mass is 214 g/mol. The Balaban J connectivity index is 2.28. The van der Waals surface area contributed by atoms with Gasteiger partial charge in [0.15, 0.2) is 0 Å². The van der Waals surface area contributed by atoms with Gasteiger partial charge < -0.3 is 15.4 Å². The molecular weight excluding hydrogens is 196 g/mol. The third kappa shape index (κ3) is 4.29. The maximum atomic E-state index is 11.6. The van der Waals surface area contributed by atoms with Crippen molar-refractivity contribution in [2.45, 2.75) is 31.7 Å². The fourth-order valence-electron chi connectivity index (χ4n) is 1.61. The highest BCUT2D eigenvalue weighted by Gasteiger charge is 2.19. The Labute approximate surface area is 89.6 Å². The highest BCUT2D eigenvalue weighted by molar-refractivity contribution is 5.85. The molecule has 0 spiro atoms. The molecule has 0 saturated carbocycles. The highest BCUT2D eigenvalue weighted by atomic mass is 16.5. The molecule has 15 heavy (non-hydrogen) atoms. The molecule has 1 saturated heterocycles. The van der Waals surface area contributed by atoms with Gasteiger partial charge in [-0.2, -0.15) is 0 Å². The Morgan fingerprint density at radius 3 is 2.93 bits per heavy atom. The molecule has 1 fully saturated rings. The Morgan fingerprint density at radius 2 is 2.20 bits per heavy atom. The molecule has 5 nitrogen and oxygen atoms in total. The molecule has 0 aromatic carbocycles. The van der Waals surface area contributed by atoms with Crippen molar-refractivity contribution >= 4 is 11.9 Å². The topological polar surface area (TPSA) is 67.4 Å². The molecule has 1 amide bonds. The lowest BCUT2D eigenvalue weighted by molar-refractivity contribution is -0.141. The van der Waals surface area contributed by atoms with Crippen LogP contribution in [0, 0.1) is 0 Å². The van der Waals surface area contributed by atoms with Crippen molar-refractivity contribution in [3.05, 3.63) is 0 Å². The van der Waals surface area contributed by atoms with Gasteiger partial charge in [-0.25, -0.2) is 0 Å². The van der Waals surface area contributed by atoms with Gasteiger partial charge in [0.05, 0.1) is 13.2 Å². The standard InChI is InChI=1S/C10H18N2O3/c1-15-9(13)7-12-10(14)8-5-3-2-4-6-11-8/h8,11H,2-7H2,1H3,(H,12,14)/t8-/m1/s1. The highest BCUT2D eigenvalue weighted by Crippen LogP contribution is 2.08. The average molecular weight is 214 g/mol. The van der Waals surface area contributed by atoms with Gasteiger partial charge in [0.1, 0.15) is 6.54 Å². The van der Waals surface area contributed by atoms with Crippen LogP contribution in [0.4, 0.5) is 0 Å². The van der Waals surface area contributed by atoms with Gasteiger partial charge >= 0.3 is 5.97 Å². The maximum Gasteiger partial charge on any atom is 0.325 e. The summed E-state index contributed by atoms with van der Waals surface area (Å²) >= 11 is 0. The van der Waals surface area contributed by atoms with Crippen LogP contribution in [0.15, 0.2) is 0 Å². The first-order chi connectivity index (χ1) is 7.24. The molecule has 1 heterocycles. The summed E-state index contributed by atoms with van der Waals surface area (Å²) in [5, 5.41) is 5.71. The van der Waals surface area contributed by atoms with Crippen molar-refractivity contribution in [2.24, 2.45) is 0 Å². The van der Waals surface area contributed by atoms with Gasteiger partial charge in [-0.05, 0) is 19.4 Å². The first-order valence-electron chi connectivity index (χ1n) is 5.32. The first kappa shape index (κ1) is 12.0. The molecule has 0 aromatic rings. The number of hydrogen-bond acceptors (Lipinski definition) is 4. The molecule has 1 atom stereocenters. The van der Waals surface area contributed by atoms with Crippen molar-refractivity contribution in [1.82, 2.24) is 10.6 Å². The van der Waals surface area contributed by atoms with Gasteiger partial charge in [0.2, 0.25) is 5.91 Å². The minimum Gasteiger partial charge on any atom is -0.468 e. The Kier molecular flexibility index (Phi) is 5.10. The zero-order chi connectivity index (χ0) is 11.1. The molecule has 0 aliphatic carbocycles. The van der Waals surface area contributed by atoms with Crippen LogP contribution in [-0.4, -0.2) is 38.1 Å². The lowest BCUT2D eigenvalue weighted by Gasteiger charge is -2.14. The SMILES string of the molecule is COC(=O)CNC(=O)[C@H]1CCCCCN1. The Bertz CT molecular complexity index is 223. The van der Waals surface area contributed by atoms with Crippen LogP contribution >= 0.6 is 0 Å². The minimum absolute atomic E-state index is 0.0481. The largest absolute Gasteiger partial charge is 0.468 e. The van der Waals surface area contributed by atoms with Crippen molar-refractivity contribution in [2.75, 3.05) is 20.2 Å². The van der Waals surface area contributed by atoms with Gasteiger partial charge in [-0.1, -0.05) is 12.8 Å². The van der Waals surface area contributed by atoms with Crippen LogP contribution in [0.2, 0.25) is 0 Å². The maximum absolute atomic E-state index is 11.6. The van der Waals surface area contributed by atoms with E-state index in [-0.39, 0.29) is 18.5 Å². The van der Waals surface area contributed by atoms with Crippen LogP contribution in [0.1, 0.15) is 25.7 Å². The van der Waals surface area contributed by atoms with E-state index in [1.54, 1.807) is 0 Å². The van der Waals surface area contributed by atoms with Crippen LogP contribution in [0.3, 0.4) is 0 Å². The normalized spacial score (nSPS) is 21.5. The molecule has 0 bridgehead atoms. The fourth-order valence-corrected chi connectivity index (χ4v) is 1.61.